The Bertz CT molecular complexity index is 751. The van der Waals surface area contributed by atoms with Gasteiger partial charge in [0.05, 0.1) is 18.4 Å². The number of hydrogen-bond donors (Lipinski definition) is 1. The van der Waals surface area contributed by atoms with Gasteiger partial charge in [0.1, 0.15) is 5.69 Å². The van der Waals surface area contributed by atoms with Crippen molar-refractivity contribution in [3.63, 3.8) is 0 Å². The first-order chi connectivity index (χ1) is 12.9. The summed E-state index contributed by atoms with van der Waals surface area (Å²) in [5, 5.41) is 15.3. The molecule has 1 radical (unpaired) electrons. The maximum Gasteiger partial charge on any atom is 0.113 e. The van der Waals surface area contributed by atoms with Crippen LogP contribution in [0.2, 0.25) is 0 Å². The molecule has 8 nitrogen and oxygen atoms in total. The fourth-order valence-electron chi connectivity index (χ4n) is 1.77. The van der Waals surface area contributed by atoms with Gasteiger partial charge in [-0.15, -0.1) is 5.10 Å². The number of hydrogen-bond acceptors (Lipinski definition) is 4. The minimum absolute atomic E-state index is 0. The van der Waals surface area contributed by atoms with Gasteiger partial charge in [-0.3, -0.25) is 4.98 Å². The molecule has 28 heavy (non-hydrogen) atoms. The number of aliphatic hydroxyl groups excluding tert-OH is 1. The Morgan fingerprint density at radius 3 is 1.93 bits per heavy atom. The van der Waals surface area contributed by atoms with Crippen LogP contribution in [0.4, 0.5) is 0 Å². The molecule has 3 aromatic rings. The van der Waals surface area contributed by atoms with Crippen molar-refractivity contribution in [1.29, 1.82) is 0 Å². The molecule has 0 saturated heterocycles. The molecule has 0 atom stereocenters. The van der Waals surface area contributed by atoms with E-state index >= 15 is 0 Å². The Hall–Kier alpha value is -2.36. The summed E-state index contributed by atoms with van der Waals surface area (Å²) >= 11 is 0. The molecule has 0 aliphatic carbocycles. The maximum absolute atomic E-state index is 7.50. The molecule has 10 heteroatoms. The molecular weight excluding hydrogens is 558 g/mol. The molecule has 2 heterocycles. The second-order valence-electron chi connectivity index (χ2n) is 3.99. The van der Waals surface area contributed by atoms with E-state index in [1.165, 1.54) is 0 Å². The van der Waals surface area contributed by atoms with Gasteiger partial charge in [-0.05, 0) is 12.1 Å². The first-order valence-corrected chi connectivity index (χ1v) is 6.83. The van der Waals surface area contributed by atoms with Gasteiger partial charge < -0.3 is 17.5 Å². The summed E-state index contributed by atoms with van der Waals surface area (Å²) in [4.78, 5) is 4.27. The largest absolute Gasteiger partial charge is 1.00 e. The summed E-state index contributed by atoms with van der Waals surface area (Å²) < 4.78 is 24.3. The van der Waals surface area contributed by atoms with Gasteiger partial charge in [0.25, 0.3) is 0 Å². The van der Waals surface area contributed by atoms with E-state index < -0.39 is 0 Å². The van der Waals surface area contributed by atoms with Gasteiger partial charge >= 0.3 is 33.9 Å². The first kappa shape index (κ1) is 33.2. The Morgan fingerprint density at radius 2 is 1.43 bits per heavy atom. The first-order valence-electron chi connectivity index (χ1n) is 6.83. The zero-order valence-electron chi connectivity index (χ0n) is 14.7. The standard InChI is InChI=1S/C14H12N4.CH4O.3CO.ClH.Re/c1-2-6-12(7-3-1)14-11-18(17-16-14)10-13-8-4-5-9-15-13;4*1-2;;/h1-9,11H,10H2;2H,1H3;;;;1H;/p-1. The molecule has 1 aromatic carbocycles. The second kappa shape index (κ2) is 24.6. The molecule has 1 N–H and O–H groups in total. The van der Waals surface area contributed by atoms with Gasteiger partial charge in [0, 0.05) is 39.3 Å². The van der Waals surface area contributed by atoms with Crippen molar-refractivity contribution in [1.82, 2.24) is 20.0 Å². The zero-order valence-corrected chi connectivity index (χ0v) is 18.2. The molecular formula is C18H16ClN4O4Re-. The van der Waals surface area contributed by atoms with Crippen LogP contribution in [0.25, 0.3) is 11.3 Å². The third-order valence-corrected chi connectivity index (χ3v) is 2.66. The van der Waals surface area contributed by atoms with Crippen LogP contribution in [0, 0.1) is 20.0 Å². The second-order valence-corrected chi connectivity index (χ2v) is 3.99. The molecule has 0 spiro atoms. The van der Waals surface area contributed by atoms with Gasteiger partial charge in [-0.2, -0.15) is 0 Å². The van der Waals surface area contributed by atoms with E-state index in [-0.39, 0.29) is 32.8 Å². The fraction of sp³-hybridized carbons (Fsp3) is 0.111. The van der Waals surface area contributed by atoms with Crippen molar-refractivity contribution < 1.29 is 51.9 Å². The number of benzene rings is 1. The zero-order chi connectivity index (χ0) is 20.2. The summed E-state index contributed by atoms with van der Waals surface area (Å²) in [6, 6.07) is 15.9. The third-order valence-electron chi connectivity index (χ3n) is 2.66. The molecule has 3 rings (SSSR count). The van der Waals surface area contributed by atoms with Gasteiger partial charge in [0.2, 0.25) is 0 Å². The van der Waals surface area contributed by atoms with Crippen molar-refractivity contribution in [3.05, 3.63) is 86.6 Å². The van der Waals surface area contributed by atoms with Crippen LogP contribution in [0.5, 0.6) is 0 Å². The van der Waals surface area contributed by atoms with Crippen LogP contribution in [-0.4, -0.2) is 32.2 Å². The summed E-state index contributed by atoms with van der Waals surface area (Å²) in [6.45, 7) is 14.1. The Balaban J connectivity index is -0.000000258. The number of rotatable bonds is 3. The monoisotopic (exact) mass is 574 g/mol. The van der Waals surface area contributed by atoms with Crippen LogP contribution < -0.4 is 12.4 Å². The number of nitrogens with zero attached hydrogens (tertiary/aromatic N) is 4. The predicted molar refractivity (Wildman–Crippen MR) is 88.7 cm³/mol. The van der Waals surface area contributed by atoms with E-state index in [1.807, 2.05) is 54.7 Å². The fourth-order valence-corrected chi connectivity index (χ4v) is 1.77. The molecule has 0 saturated carbocycles. The van der Waals surface area contributed by atoms with Gasteiger partial charge in [-0.1, -0.05) is 41.6 Å². The van der Waals surface area contributed by atoms with Crippen molar-refractivity contribution in [2.24, 2.45) is 0 Å². The van der Waals surface area contributed by atoms with Crippen molar-refractivity contribution in [2.75, 3.05) is 7.11 Å². The topological polar surface area (TPSA) is 124 Å². The molecule has 2 aromatic heterocycles. The summed E-state index contributed by atoms with van der Waals surface area (Å²) in [6.07, 6.45) is 3.72. The van der Waals surface area contributed by atoms with E-state index in [2.05, 4.69) is 35.2 Å². The average Bonchev–Trinajstić information content (AvgIpc) is 3.24. The normalized spacial score (nSPS) is 7.14. The summed E-state index contributed by atoms with van der Waals surface area (Å²) in [5.41, 5.74) is 2.93. The summed E-state index contributed by atoms with van der Waals surface area (Å²) in [7, 11) is 1.00. The number of aromatic nitrogens is 4. The SMILES string of the molecule is CO.[C-]#[O+].[C-]#[O+].[C-]#[O+].[Cl-].[Re].c1ccc(-c2cn(Cc3ccccn3)nn2)cc1. The van der Waals surface area contributed by atoms with E-state index in [0.717, 1.165) is 24.1 Å². The van der Waals surface area contributed by atoms with E-state index in [9.17, 15) is 0 Å². The number of halogens is 1. The quantitative estimate of drug-likeness (QED) is 0.315. The maximum atomic E-state index is 7.50. The van der Waals surface area contributed by atoms with Crippen LogP contribution in [0.15, 0.2) is 60.9 Å². The van der Waals surface area contributed by atoms with Gasteiger partial charge in [-0.25, -0.2) is 4.68 Å². The van der Waals surface area contributed by atoms with Crippen molar-refractivity contribution in [2.45, 2.75) is 6.54 Å². The molecule has 0 unspecified atom stereocenters. The smallest absolute Gasteiger partial charge is 0.113 e. The molecule has 0 fully saturated rings. The van der Waals surface area contributed by atoms with Crippen LogP contribution in [0.3, 0.4) is 0 Å². The molecule has 0 aliphatic heterocycles. The third kappa shape index (κ3) is 12.9. The minimum Gasteiger partial charge on any atom is -1.00 e. The van der Waals surface area contributed by atoms with Crippen LogP contribution >= 0.6 is 0 Å². The molecule has 0 bridgehead atoms. The van der Waals surface area contributed by atoms with E-state index in [1.54, 1.807) is 10.9 Å². The van der Waals surface area contributed by atoms with E-state index in [4.69, 9.17) is 19.1 Å². The number of pyridine rings is 1. The van der Waals surface area contributed by atoms with Crippen LogP contribution in [0.1, 0.15) is 5.69 Å². The van der Waals surface area contributed by atoms with Gasteiger partial charge in [0.15, 0.2) is 0 Å². The van der Waals surface area contributed by atoms with Crippen LogP contribution in [-0.2, 0) is 40.9 Å². The number of aliphatic hydroxyl groups is 1. The predicted octanol–water partition coefficient (Wildman–Crippen LogP) is -1.11. The Morgan fingerprint density at radius 1 is 0.893 bits per heavy atom. The molecule has 147 valence electrons. The molecule has 0 aliphatic rings. The van der Waals surface area contributed by atoms with Crippen molar-refractivity contribution in [3.8, 4) is 11.3 Å². The molecule has 0 amide bonds. The minimum atomic E-state index is 0. The Labute approximate surface area is 183 Å². The van der Waals surface area contributed by atoms with Crippen molar-refractivity contribution >= 4 is 0 Å². The Kier molecular flexibility index (Phi) is 29.3. The summed E-state index contributed by atoms with van der Waals surface area (Å²) in [5.74, 6) is 0. The average molecular weight is 574 g/mol. The van der Waals surface area contributed by atoms with E-state index in [0.29, 0.717) is 6.54 Å².